The lowest BCUT2D eigenvalue weighted by atomic mass is 10.0. The Hall–Kier alpha value is -3.32. The minimum absolute atomic E-state index is 0.0781. The van der Waals surface area contributed by atoms with E-state index in [0.717, 1.165) is 36.3 Å². The highest BCUT2D eigenvalue weighted by atomic mass is 16.5. The predicted octanol–water partition coefficient (Wildman–Crippen LogP) is 3.79. The van der Waals surface area contributed by atoms with Crippen LogP contribution in [0.1, 0.15) is 30.0 Å². The number of hydrogen-bond acceptors (Lipinski definition) is 6. The molecule has 7 heteroatoms. The van der Waals surface area contributed by atoms with Gasteiger partial charge in [-0.25, -0.2) is 4.79 Å². The third-order valence-corrected chi connectivity index (χ3v) is 6.45. The van der Waals surface area contributed by atoms with Crippen LogP contribution in [0.5, 0.6) is 11.5 Å². The molecular formula is C27H32N2O5. The average molecular weight is 465 g/mol. The van der Waals surface area contributed by atoms with Crippen molar-refractivity contribution in [3.63, 3.8) is 0 Å². The molecule has 0 radical (unpaired) electrons. The Morgan fingerprint density at radius 1 is 1.03 bits per heavy atom. The molecule has 0 bridgehead atoms. The Bertz CT molecular complexity index is 1190. The summed E-state index contributed by atoms with van der Waals surface area (Å²) in [6.45, 7) is 8.46. The number of fused-ring (bicyclic) bond motifs is 1. The molecule has 0 unspecified atom stereocenters. The average Bonchev–Trinajstić information content (AvgIpc) is 2.85. The second kappa shape index (κ2) is 10.7. The molecular weight excluding hydrogens is 432 g/mol. The molecule has 1 amide bonds. The Morgan fingerprint density at radius 3 is 2.41 bits per heavy atom. The molecule has 0 aliphatic carbocycles. The second-order valence-electron chi connectivity index (χ2n) is 8.59. The van der Waals surface area contributed by atoms with E-state index in [1.165, 1.54) is 5.56 Å². The minimum atomic E-state index is -0.383. The number of carbonyl (C=O) groups excluding carboxylic acids is 1. The van der Waals surface area contributed by atoms with Crippen molar-refractivity contribution in [2.45, 2.75) is 33.2 Å². The van der Waals surface area contributed by atoms with Gasteiger partial charge in [0.1, 0.15) is 17.1 Å². The number of rotatable bonds is 8. The lowest BCUT2D eigenvalue weighted by Crippen LogP contribution is -2.48. The van der Waals surface area contributed by atoms with Crippen LogP contribution >= 0.6 is 0 Å². The summed E-state index contributed by atoms with van der Waals surface area (Å²) < 4.78 is 16.2. The van der Waals surface area contributed by atoms with Crippen LogP contribution in [0.25, 0.3) is 11.0 Å². The third-order valence-electron chi connectivity index (χ3n) is 6.45. The Kier molecular flexibility index (Phi) is 7.53. The van der Waals surface area contributed by atoms with Crippen LogP contribution in [0.15, 0.2) is 51.7 Å². The van der Waals surface area contributed by atoms with Crippen LogP contribution in [0, 0.1) is 6.92 Å². The molecule has 0 atom stereocenters. The van der Waals surface area contributed by atoms with E-state index >= 15 is 0 Å². The number of benzene rings is 2. The van der Waals surface area contributed by atoms with Crippen LogP contribution in [0.2, 0.25) is 0 Å². The molecule has 1 fully saturated rings. The Labute approximate surface area is 199 Å². The smallest absolute Gasteiger partial charge is 0.339 e. The molecule has 1 aliphatic heterocycles. The lowest BCUT2D eigenvalue weighted by Gasteiger charge is -2.35. The van der Waals surface area contributed by atoms with E-state index in [4.69, 9.17) is 13.9 Å². The van der Waals surface area contributed by atoms with Gasteiger partial charge in [0, 0.05) is 56.2 Å². The summed E-state index contributed by atoms with van der Waals surface area (Å²) in [5.74, 6) is 1.60. The summed E-state index contributed by atoms with van der Waals surface area (Å²) in [6, 6.07) is 13.6. The highest BCUT2D eigenvalue weighted by Crippen LogP contribution is 2.24. The van der Waals surface area contributed by atoms with Gasteiger partial charge in [0.05, 0.1) is 13.7 Å². The maximum atomic E-state index is 12.8. The maximum Gasteiger partial charge on any atom is 0.339 e. The molecule has 2 heterocycles. The molecule has 34 heavy (non-hydrogen) atoms. The molecule has 3 aromatic rings. The summed E-state index contributed by atoms with van der Waals surface area (Å²) in [5.41, 5.74) is 2.79. The van der Waals surface area contributed by atoms with Gasteiger partial charge in [-0.05, 0) is 55.7 Å². The van der Waals surface area contributed by atoms with Crippen molar-refractivity contribution >= 4 is 16.9 Å². The van der Waals surface area contributed by atoms with Crippen molar-refractivity contribution in [2.24, 2.45) is 0 Å². The highest BCUT2D eigenvalue weighted by Gasteiger charge is 2.22. The van der Waals surface area contributed by atoms with Crippen molar-refractivity contribution in [3.05, 3.63) is 69.6 Å². The van der Waals surface area contributed by atoms with Crippen molar-refractivity contribution < 1.29 is 18.7 Å². The van der Waals surface area contributed by atoms with E-state index in [1.54, 1.807) is 13.2 Å². The van der Waals surface area contributed by atoms with Gasteiger partial charge in [0.25, 0.3) is 0 Å². The van der Waals surface area contributed by atoms with Gasteiger partial charge < -0.3 is 18.8 Å². The quantitative estimate of drug-likeness (QED) is 0.473. The zero-order valence-corrected chi connectivity index (χ0v) is 20.1. The van der Waals surface area contributed by atoms with Gasteiger partial charge >= 0.3 is 5.63 Å². The first kappa shape index (κ1) is 23.8. The third kappa shape index (κ3) is 5.42. The molecule has 1 saturated heterocycles. The fraction of sp³-hybridized carbons (Fsp3) is 0.407. The Morgan fingerprint density at radius 2 is 1.74 bits per heavy atom. The molecule has 2 aromatic carbocycles. The monoisotopic (exact) mass is 464 g/mol. The second-order valence-corrected chi connectivity index (χ2v) is 8.59. The van der Waals surface area contributed by atoms with Crippen molar-refractivity contribution in [1.29, 1.82) is 0 Å². The summed E-state index contributed by atoms with van der Waals surface area (Å²) in [7, 11) is 1.58. The molecule has 1 aromatic heterocycles. The molecule has 4 rings (SSSR count). The Balaban J connectivity index is 1.31. The van der Waals surface area contributed by atoms with Gasteiger partial charge in [-0.15, -0.1) is 0 Å². The van der Waals surface area contributed by atoms with E-state index in [-0.39, 0.29) is 11.5 Å². The molecule has 1 aliphatic rings. The number of hydrogen-bond donors (Lipinski definition) is 0. The van der Waals surface area contributed by atoms with Crippen molar-refractivity contribution in [2.75, 3.05) is 39.9 Å². The van der Waals surface area contributed by atoms with Crippen LogP contribution < -0.4 is 15.1 Å². The number of piperazine rings is 1. The standard InChI is InChI=1S/C27H32N2O5/c1-4-33-21-7-5-20(6-8-21)18-28-13-15-29(16-14-28)26(30)12-11-24-19(2)23-10-9-22(32-3)17-25(23)34-27(24)31/h5-10,17H,4,11-16,18H2,1-3H3. The zero-order chi connectivity index (χ0) is 24.1. The summed E-state index contributed by atoms with van der Waals surface area (Å²) in [5, 5.41) is 0.866. The summed E-state index contributed by atoms with van der Waals surface area (Å²) in [6.07, 6.45) is 0.674. The van der Waals surface area contributed by atoms with E-state index in [2.05, 4.69) is 17.0 Å². The predicted molar refractivity (Wildman–Crippen MR) is 132 cm³/mol. The van der Waals surface area contributed by atoms with E-state index < -0.39 is 0 Å². The number of nitrogens with zero attached hydrogens (tertiary/aromatic N) is 2. The minimum Gasteiger partial charge on any atom is -0.497 e. The first-order valence-corrected chi connectivity index (χ1v) is 11.8. The summed E-state index contributed by atoms with van der Waals surface area (Å²) in [4.78, 5) is 29.7. The molecule has 0 N–H and O–H groups in total. The van der Waals surface area contributed by atoms with Crippen LogP contribution in [-0.4, -0.2) is 55.6 Å². The fourth-order valence-corrected chi connectivity index (χ4v) is 4.45. The van der Waals surface area contributed by atoms with Gasteiger partial charge in [-0.3, -0.25) is 9.69 Å². The maximum absolute atomic E-state index is 12.8. The van der Waals surface area contributed by atoms with Crippen LogP contribution in [-0.2, 0) is 17.8 Å². The van der Waals surface area contributed by atoms with Gasteiger partial charge in [-0.1, -0.05) is 12.1 Å². The van der Waals surface area contributed by atoms with Crippen molar-refractivity contribution in [1.82, 2.24) is 9.80 Å². The van der Waals surface area contributed by atoms with E-state index in [1.807, 2.05) is 43.0 Å². The largest absolute Gasteiger partial charge is 0.497 e. The number of carbonyl (C=O) groups is 1. The van der Waals surface area contributed by atoms with E-state index in [0.29, 0.717) is 49.4 Å². The SMILES string of the molecule is CCOc1ccc(CN2CCN(C(=O)CCc3c(C)c4ccc(OC)cc4oc3=O)CC2)cc1. The van der Waals surface area contributed by atoms with Gasteiger partial charge in [0.15, 0.2) is 0 Å². The fourth-order valence-electron chi connectivity index (χ4n) is 4.45. The number of amides is 1. The van der Waals surface area contributed by atoms with Gasteiger partial charge in [-0.2, -0.15) is 0 Å². The van der Waals surface area contributed by atoms with Crippen molar-refractivity contribution in [3.8, 4) is 11.5 Å². The first-order valence-electron chi connectivity index (χ1n) is 11.8. The van der Waals surface area contributed by atoms with Crippen LogP contribution in [0.4, 0.5) is 0 Å². The number of aryl methyl sites for hydroxylation is 1. The molecule has 0 spiro atoms. The highest BCUT2D eigenvalue weighted by molar-refractivity contribution is 5.82. The zero-order valence-electron chi connectivity index (χ0n) is 20.1. The van der Waals surface area contributed by atoms with Crippen LogP contribution in [0.3, 0.4) is 0 Å². The van der Waals surface area contributed by atoms with E-state index in [9.17, 15) is 9.59 Å². The topological polar surface area (TPSA) is 72.2 Å². The molecule has 180 valence electrons. The first-order chi connectivity index (χ1) is 16.5. The number of ether oxygens (including phenoxy) is 2. The normalized spacial score (nSPS) is 14.4. The van der Waals surface area contributed by atoms with Gasteiger partial charge in [0.2, 0.25) is 5.91 Å². The number of methoxy groups -OCH3 is 1. The molecule has 0 saturated carbocycles. The summed E-state index contributed by atoms with van der Waals surface area (Å²) >= 11 is 0. The molecule has 7 nitrogen and oxygen atoms in total. The lowest BCUT2D eigenvalue weighted by molar-refractivity contribution is -0.133.